The molecule has 0 amide bonds. The van der Waals surface area contributed by atoms with E-state index in [1.165, 1.54) is 25.7 Å². The van der Waals surface area contributed by atoms with Crippen LogP contribution in [0, 0.1) is 17.3 Å². The Bertz CT molecular complexity index is 225. The molecule has 2 aliphatic rings. The van der Waals surface area contributed by atoms with Gasteiger partial charge in [-0.25, -0.2) is 0 Å². The van der Waals surface area contributed by atoms with E-state index in [2.05, 4.69) is 19.9 Å². The third kappa shape index (κ3) is 1.17. The molecule has 0 bridgehead atoms. The normalized spacial score (nSPS) is 42.5. The van der Waals surface area contributed by atoms with E-state index in [1.807, 2.05) is 0 Å². The predicted octanol–water partition coefficient (Wildman–Crippen LogP) is 2.72. The summed E-state index contributed by atoms with van der Waals surface area (Å²) in [5.74, 6) is 1.79. The van der Waals surface area contributed by atoms with Crippen molar-refractivity contribution in [3.63, 3.8) is 0 Å². The van der Waals surface area contributed by atoms with E-state index in [-0.39, 0.29) is 0 Å². The van der Waals surface area contributed by atoms with E-state index < -0.39 is 0 Å². The quantitative estimate of drug-likeness (QED) is 0.662. The lowest BCUT2D eigenvalue weighted by molar-refractivity contribution is 0.00513. The molecule has 3 atom stereocenters. The van der Waals surface area contributed by atoms with Crippen LogP contribution in [0.2, 0.25) is 0 Å². The Morgan fingerprint density at radius 2 is 2.31 bits per heavy atom. The number of allylic oxidation sites excluding steroid dienone is 2. The van der Waals surface area contributed by atoms with Crippen LogP contribution in [-0.2, 0) is 0 Å². The van der Waals surface area contributed by atoms with Crippen molar-refractivity contribution in [1.29, 1.82) is 0 Å². The molecule has 0 aliphatic heterocycles. The number of nitrogens with two attached hydrogens (primary N) is 1. The van der Waals surface area contributed by atoms with Crippen LogP contribution >= 0.6 is 0 Å². The molecule has 74 valence electrons. The Labute approximate surface area is 81.4 Å². The molecule has 0 heterocycles. The lowest BCUT2D eigenvalue weighted by Gasteiger charge is -2.51. The topological polar surface area (TPSA) is 26.0 Å². The first-order valence-electron chi connectivity index (χ1n) is 5.65. The number of rotatable bonds is 3. The SMILES string of the molecule is CCC1=C[C@@H]2[C@H](C1)C[C@@]2(CC)CN. The molecule has 2 N–H and O–H groups in total. The predicted molar refractivity (Wildman–Crippen MR) is 56.4 cm³/mol. The van der Waals surface area contributed by atoms with Gasteiger partial charge in [-0.2, -0.15) is 0 Å². The largest absolute Gasteiger partial charge is 0.330 e. The van der Waals surface area contributed by atoms with Gasteiger partial charge in [0.25, 0.3) is 0 Å². The van der Waals surface area contributed by atoms with Gasteiger partial charge in [-0.15, -0.1) is 0 Å². The summed E-state index contributed by atoms with van der Waals surface area (Å²) in [5, 5.41) is 0. The Balaban J connectivity index is 2.11. The summed E-state index contributed by atoms with van der Waals surface area (Å²) in [6.45, 7) is 5.45. The minimum atomic E-state index is 0.488. The molecule has 0 saturated heterocycles. The highest BCUT2D eigenvalue weighted by atomic mass is 14.7. The second kappa shape index (κ2) is 3.13. The van der Waals surface area contributed by atoms with Crippen LogP contribution in [0.3, 0.4) is 0 Å². The summed E-state index contributed by atoms with van der Waals surface area (Å²) in [6, 6.07) is 0. The molecular weight excluding hydrogens is 158 g/mol. The number of fused-ring (bicyclic) bond motifs is 1. The zero-order valence-corrected chi connectivity index (χ0v) is 8.84. The van der Waals surface area contributed by atoms with Crippen molar-refractivity contribution in [2.45, 2.75) is 39.5 Å². The van der Waals surface area contributed by atoms with Gasteiger partial charge in [0, 0.05) is 0 Å². The van der Waals surface area contributed by atoms with Crippen molar-refractivity contribution >= 4 is 0 Å². The molecule has 0 radical (unpaired) electrons. The van der Waals surface area contributed by atoms with Crippen LogP contribution in [0.5, 0.6) is 0 Å². The van der Waals surface area contributed by atoms with Gasteiger partial charge < -0.3 is 5.73 Å². The minimum absolute atomic E-state index is 0.488. The fourth-order valence-corrected chi connectivity index (χ4v) is 3.30. The van der Waals surface area contributed by atoms with Gasteiger partial charge in [0.05, 0.1) is 0 Å². The molecule has 1 saturated carbocycles. The standard InChI is InChI=1S/C12H21N/c1-3-9-5-10-7-12(4-2,8-13)11(10)6-9/h6,10-11H,3-5,7-8,13H2,1-2H3/t10-,11-,12+/m1/s1. The van der Waals surface area contributed by atoms with Gasteiger partial charge in [0.15, 0.2) is 0 Å². The molecule has 1 fully saturated rings. The molecule has 2 aliphatic carbocycles. The fraction of sp³-hybridized carbons (Fsp3) is 0.833. The van der Waals surface area contributed by atoms with Crippen molar-refractivity contribution in [2.24, 2.45) is 23.0 Å². The van der Waals surface area contributed by atoms with Crippen LogP contribution in [0.4, 0.5) is 0 Å². The Hall–Kier alpha value is -0.300. The third-order valence-corrected chi connectivity index (χ3v) is 4.39. The van der Waals surface area contributed by atoms with Crippen LogP contribution in [-0.4, -0.2) is 6.54 Å². The highest BCUT2D eigenvalue weighted by Crippen LogP contribution is 2.59. The van der Waals surface area contributed by atoms with E-state index in [0.717, 1.165) is 18.4 Å². The summed E-state index contributed by atoms with van der Waals surface area (Å²) in [7, 11) is 0. The summed E-state index contributed by atoms with van der Waals surface area (Å²) in [5.41, 5.74) is 8.06. The lowest BCUT2D eigenvalue weighted by atomic mass is 9.54. The van der Waals surface area contributed by atoms with Crippen molar-refractivity contribution in [2.75, 3.05) is 6.54 Å². The van der Waals surface area contributed by atoms with Gasteiger partial charge in [0.2, 0.25) is 0 Å². The zero-order valence-electron chi connectivity index (χ0n) is 8.84. The first-order valence-corrected chi connectivity index (χ1v) is 5.65. The molecule has 1 heteroatoms. The van der Waals surface area contributed by atoms with Crippen molar-refractivity contribution in [3.05, 3.63) is 11.6 Å². The molecule has 0 spiro atoms. The second-order valence-corrected chi connectivity index (χ2v) is 4.79. The Kier molecular flexibility index (Phi) is 2.23. The maximum absolute atomic E-state index is 5.89. The average Bonchev–Trinajstić information content (AvgIpc) is 2.48. The Morgan fingerprint density at radius 3 is 2.85 bits per heavy atom. The van der Waals surface area contributed by atoms with E-state index >= 15 is 0 Å². The van der Waals surface area contributed by atoms with Crippen LogP contribution < -0.4 is 5.73 Å². The molecule has 0 unspecified atom stereocenters. The Morgan fingerprint density at radius 1 is 1.54 bits per heavy atom. The first-order chi connectivity index (χ1) is 6.25. The fourth-order valence-electron chi connectivity index (χ4n) is 3.30. The molecule has 2 rings (SSSR count). The molecule has 0 aromatic heterocycles. The lowest BCUT2D eigenvalue weighted by Crippen LogP contribution is -2.49. The molecule has 0 aromatic carbocycles. The molecule has 13 heavy (non-hydrogen) atoms. The van der Waals surface area contributed by atoms with Crippen LogP contribution in [0.25, 0.3) is 0 Å². The summed E-state index contributed by atoms with van der Waals surface area (Å²) >= 11 is 0. The zero-order chi connectivity index (χ0) is 9.47. The average molecular weight is 179 g/mol. The first kappa shape index (κ1) is 9.26. The maximum atomic E-state index is 5.89. The highest BCUT2D eigenvalue weighted by Gasteiger charge is 2.52. The van der Waals surface area contributed by atoms with E-state index in [9.17, 15) is 0 Å². The van der Waals surface area contributed by atoms with Gasteiger partial charge in [-0.05, 0) is 49.5 Å². The van der Waals surface area contributed by atoms with Gasteiger partial charge in [-0.3, -0.25) is 0 Å². The van der Waals surface area contributed by atoms with Crippen molar-refractivity contribution in [1.82, 2.24) is 0 Å². The summed E-state index contributed by atoms with van der Waals surface area (Å²) < 4.78 is 0. The summed E-state index contributed by atoms with van der Waals surface area (Å²) in [6.07, 6.45) is 7.79. The smallest absolute Gasteiger partial charge is 0.00148 e. The monoisotopic (exact) mass is 179 g/mol. The van der Waals surface area contributed by atoms with Gasteiger partial charge in [0.1, 0.15) is 0 Å². The van der Waals surface area contributed by atoms with E-state index in [4.69, 9.17) is 5.73 Å². The van der Waals surface area contributed by atoms with Crippen LogP contribution in [0.1, 0.15) is 39.5 Å². The highest BCUT2D eigenvalue weighted by molar-refractivity contribution is 5.23. The second-order valence-electron chi connectivity index (χ2n) is 4.79. The summed E-state index contributed by atoms with van der Waals surface area (Å²) in [4.78, 5) is 0. The van der Waals surface area contributed by atoms with Crippen LogP contribution in [0.15, 0.2) is 11.6 Å². The number of hydrogen-bond acceptors (Lipinski definition) is 1. The van der Waals surface area contributed by atoms with E-state index in [1.54, 1.807) is 5.57 Å². The van der Waals surface area contributed by atoms with Gasteiger partial charge >= 0.3 is 0 Å². The minimum Gasteiger partial charge on any atom is -0.330 e. The van der Waals surface area contributed by atoms with Crippen molar-refractivity contribution < 1.29 is 0 Å². The maximum Gasteiger partial charge on any atom is -0.00148 e. The molecular formula is C12H21N. The van der Waals surface area contributed by atoms with Crippen molar-refractivity contribution in [3.8, 4) is 0 Å². The van der Waals surface area contributed by atoms with E-state index in [0.29, 0.717) is 5.41 Å². The molecule has 0 aromatic rings. The number of hydrogen-bond donors (Lipinski definition) is 1. The van der Waals surface area contributed by atoms with Gasteiger partial charge in [-0.1, -0.05) is 25.5 Å². The molecule has 1 nitrogen and oxygen atoms in total. The third-order valence-electron chi connectivity index (χ3n) is 4.39.